The highest BCUT2D eigenvalue weighted by Gasteiger charge is 2.47. The van der Waals surface area contributed by atoms with Crippen LogP contribution in [0.25, 0.3) is 0 Å². The van der Waals surface area contributed by atoms with Crippen LogP contribution in [-0.2, 0) is 8.03 Å². The maximum absolute atomic E-state index is 11.9. The molecule has 0 saturated carbocycles. The number of methoxy groups -OCH3 is 2. The molecule has 0 aromatic heterocycles. The van der Waals surface area contributed by atoms with Gasteiger partial charge in [0.05, 0.1) is 29.9 Å². The zero-order valence-electron chi connectivity index (χ0n) is 8.94. The first kappa shape index (κ1) is 13.2. The van der Waals surface area contributed by atoms with Crippen LogP contribution in [0.4, 0.5) is 5.69 Å². The molecule has 1 aromatic rings. The summed E-state index contributed by atoms with van der Waals surface area (Å²) in [5, 5.41) is 2.75. The minimum atomic E-state index is -1.00. The van der Waals surface area contributed by atoms with E-state index >= 15 is 0 Å². The Bertz CT molecular complexity index is 502. The first-order chi connectivity index (χ1) is 7.93. The van der Waals surface area contributed by atoms with Gasteiger partial charge in [-0.05, 0) is 15.9 Å². The molecule has 92 valence electrons. The lowest BCUT2D eigenvalue weighted by atomic mass is 10.1. The van der Waals surface area contributed by atoms with Crippen LogP contribution >= 0.6 is 47.8 Å². The largest absolute Gasteiger partial charge is 0.495 e. The number of halogens is 3. The molecule has 17 heavy (non-hydrogen) atoms. The van der Waals surface area contributed by atoms with E-state index in [-0.39, 0.29) is 5.91 Å². The van der Waals surface area contributed by atoms with Gasteiger partial charge in [0.25, 0.3) is 5.91 Å². The Morgan fingerprint density at radius 2 is 1.94 bits per heavy atom. The summed E-state index contributed by atoms with van der Waals surface area (Å²) < 4.78 is 10.3. The predicted octanol–water partition coefficient (Wildman–Crippen LogP) is 3.36. The highest BCUT2D eigenvalue weighted by Crippen LogP contribution is 2.56. The van der Waals surface area contributed by atoms with E-state index in [0.29, 0.717) is 22.7 Å². The van der Waals surface area contributed by atoms with Crippen LogP contribution in [0.5, 0.6) is 11.5 Å². The van der Waals surface area contributed by atoms with Crippen LogP contribution in [-0.4, -0.2) is 20.1 Å². The van der Waals surface area contributed by atoms with E-state index in [1.807, 2.05) is 0 Å². The van der Waals surface area contributed by atoms with Gasteiger partial charge in [-0.1, -0.05) is 31.9 Å². The van der Waals surface area contributed by atoms with Gasteiger partial charge in [-0.25, -0.2) is 0 Å². The zero-order valence-corrected chi connectivity index (χ0v) is 13.7. The Morgan fingerprint density at radius 1 is 1.29 bits per heavy atom. The summed E-state index contributed by atoms with van der Waals surface area (Å²) in [5.74, 6) is 0.928. The van der Waals surface area contributed by atoms with Gasteiger partial charge in [0.1, 0.15) is 11.5 Å². The molecule has 1 heterocycles. The molecule has 1 aliphatic heterocycles. The lowest BCUT2D eigenvalue weighted by molar-refractivity contribution is -0.115. The second-order valence-electron chi connectivity index (χ2n) is 3.37. The van der Waals surface area contributed by atoms with Gasteiger partial charge < -0.3 is 14.8 Å². The Balaban J connectivity index is 2.79. The molecule has 0 fully saturated rings. The molecular formula is C10H8Br3NO3. The number of hydrogen-bond acceptors (Lipinski definition) is 3. The quantitative estimate of drug-likeness (QED) is 0.733. The molecule has 1 amide bonds. The maximum atomic E-state index is 11.9. The summed E-state index contributed by atoms with van der Waals surface area (Å²) in [6, 6.07) is 1.75. The van der Waals surface area contributed by atoms with E-state index < -0.39 is 3.23 Å². The first-order valence-corrected chi connectivity index (χ1v) is 6.95. The van der Waals surface area contributed by atoms with Gasteiger partial charge in [-0.3, -0.25) is 4.79 Å². The lowest BCUT2D eigenvalue weighted by Crippen LogP contribution is -2.20. The number of rotatable bonds is 2. The minimum Gasteiger partial charge on any atom is -0.495 e. The van der Waals surface area contributed by atoms with E-state index in [2.05, 4.69) is 53.1 Å². The smallest absolute Gasteiger partial charge is 0.257 e. The molecule has 7 heteroatoms. The average molecular weight is 430 g/mol. The van der Waals surface area contributed by atoms with Crippen molar-refractivity contribution in [2.45, 2.75) is 3.23 Å². The molecule has 1 aromatic carbocycles. The maximum Gasteiger partial charge on any atom is 0.257 e. The second-order valence-corrected chi connectivity index (χ2v) is 7.67. The van der Waals surface area contributed by atoms with Gasteiger partial charge in [-0.2, -0.15) is 0 Å². The lowest BCUT2D eigenvalue weighted by Gasteiger charge is -2.17. The molecular weight excluding hydrogens is 422 g/mol. The number of carbonyl (C=O) groups is 1. The number of carbonyl (C=O) groups excluding carboxylic acids is 1. The van der Waals surface area contributed by atoms with E-state index in [1.54, 1.807) is 20.3 Å². The van der Waals surface area contributed by atoms with Crippen molar-refractivity contribution in [1.82, 2.24) is 0 Å². The third kappa shape index (κ3) is 1.88. The molecule has 1 aliphatic rings. The molecule has 1 N–H and O–H groups in total. The number of ether oxygens (including phenoxy) is 2. The van der Waals surface area contributed by atoms with Crippen molar-refractivity contribution in [3.63, 3.8) is 0 Å². The van der Waals surface area contributed by atoms with Crippen LogP contribution in [0.3, 0.4) is 0 Å². The van der Waals surface area contributed by atoms with Crippen molar-refractivity contribution in [2.24, 2.45) is 0 Å². The van der Waals surface area contributed by atoms with Gasteiger partial charge in [-0.15, -0.1) is 0 Å². The van der Waals surface area contributed by atoms with Crippen LogP contribution < -0.4 is 14.8 Å². The molecule has 2 rings (SSSR count). The van der Waals surface area contributed by atoms with Crippen molar-refractivity contribution in [3.05, 3.63) is 16.1 Å². The van der Waals surface area contributed by atoms with Crippen molar-refractivity contribution >= 4 is 59.4 Å². The van der Waals surface area contributed by atoms with Crippen LogP contribution in [0.1, 0.15) is 5.56 Å². The normalized spacial score (nSPS) is 16.4. The number of anilines is 1. The summed E-state index contributed by atoms with van der Waals surface area (Å²) in [6.45, 7) is 0. The Kier molecular flexibility index (Phi) is 3.44. The summed E-state index contributed by atoms with van der Waals surface area (Å²) in [6.07, 6.45) is 0. The van der Waals surface area contributed by atoms with Crippen molar-refractivity contribution in [1.29, 1.82) is 0 Å². The summed E-state index contributed by atoms with van der Waals surface area (Å²) in [5.41, 5.74) is 1.27. The standard InChI is InChI=1S/C10H8Br3NO3/c1-16-5-3-4(11)8(17-2)6-7(5)14-9(15)10(6,12)13/h3H,1-2H3,(H,14,15). The monoisotopic (exact) mass is 427 g/mol. The number of fused-ring (bicyclic) bond motifs is 1. The second kappa shape index (κ2) is 4.44. The van der Waals surface area contributed by atoms with E-state index in [1.165, 1.54) is 0 Å². The minimum absolute atomic E-state index is 0.220. The van der Waals surface area contributed by atoms with Crippen molar-refractivity contribution in [3.8, 4) is 11.5 Å². The SMILES string of the molecule is COc1cc(Br)c(OC)c2c1NC(=O)C2(Br)Br. The van der Waals surface area contributed by atoms with Gasteiger partial charge >= 0.3 is 0 Å². The van der Waals surface area contributed by atoms with Gasteiger partial charge in [0.2, 0.25) is 0 Å². The summed E-state index contributed by atoms with van der Waals surface area (Å²) in [4.78, 5) is 11.9. The molecule has 0 atom stereocenters. The number of alkyl halides is 2. The fourth-order valence-electron chi connectivity index (χ4n) is 1.70. The Hall–Kier alpha value is -0.270. The van der Waals surface area contributed by atoms with Gasteiger partial charge in [0.15, 0.2) is 3.23 Å². The topological polar surface area (TPSA) is 47.6 Å². The average Bonchev–Trinajstić information content (AvgIpc) is 2.51. The summed E-state index contributed by atoms with van der Waals surface area (Å²) in [7, 11) is 3.09. The third-order valence-electron chi connectivity index (χ3n) is 2.46. The molecule has 0 unspecified atom stereocenters. The molecule has 0 spiro atoms. The van der Waals surface area contributed by atoms with Gasteiger partial charge in [0, 0.05) is 6.07 Å². The Morgan fingerprint density at radius 3 is 2.47 bits per heavy atom. The molecule has 0 radical (unpaired) electrons. The van der Waals surface area contributed by atoms with Crippen molar-refractivity contribution < 1.29 is 14.3 Å². The predicted molar refractivity (Wildman–Crippen MR) is 75.4 cm³/mol. The number of amides is 1. The highest BCUT2D eigenvalue weighted by atomic mass is 79.9. The fourth-order valence-corrected chi connectivity index (χ4v) is 3.22. The molecule has 0 saturated heterocycles. The first-order valence-electron chi connectivity index (χ1n) is 4.57. The van der Waals surface area contributed by atoms with Crippen molar-refractivity contribution in [2.75, 3.05) is 19.5 Å². The zero-order chi connectivity index (χ0) is 12.8. The molecule has 0 bridgehead atoms. The number of benzene rings is 1. The van der Waals surface area contributed by atoms with E-state index in [9.17, 15) is 4.79 Å². The molecule has 0 aliphatic carbocycles. The van der Waals surface area contributed by atoms with E-state index in [4.69, 9.17) is 9.47 Å². The summed E-state index contributed by atoms with van der Waals surface area (Å²) >= 11 is 10.1. The molecule has 4 nitrogen and oxygen atoms in total. The number of nitrogens with one attached hydrogen (secondary N) is 1. The fraction of sp³-hybridized carbons (Fsp3) is 0.300. The van der Waals surface area contributed by atoms with Crippen LogP contribution in [0.15, 0.2) is 10.5 Å². The van der Waals surface area contributed by atoms with Crippen LogP contribution in [0.2, 0.25) is 0 Å². The third-order valence-corrected chi connectivity index (χ3v) is 4.56. The number of hydrogen-bond donors (Lipinski definition) is 1. The van der Waals surface area contributed by atoms with E-state index in [0.717, 1.165) is 4.47 Å². The highest BCUT2D eigenvalue weighted by molar-refractivity contribution is 9.25. The Labute approximate surface area is 123 Å². The van der Waals surface area contributed by atoms with Crippen LogP contribution in [0, 0.1) is 0 Å².